The van der Waals surface area contributed by atoms with E-state index in [1.165, 1.54) is 7.11 Å². The van der Waals surface area contributed by atoms with Crippen LogP contribution in [0.25, 0.3) is 0 Å². The molecule has 1 aromatic heterocycles. The zero-order valence-corrected chi connectivity index (χ0v) is 6.92. The van der Waals surface area contributed by atoms with Crippen molar-refractivity contribution >= 4 is 11.5 Å². The zero-order chi connectivity index (χ0) is 10.0. The number of halogens is 2. The van der Waals surface area contributed by atoms with Crippen molar-refractivity contribution in [2.45, 2.75) is 6.43 Å². The summed E-state index contributed by atoms with van der Waals surface area (Å²) in [5, 5.41) is 0. The predicted molar refractivity (Wildman–Crippen MR) is 44.6 cm³/mol. The van der Waals surface area contributed by atoms with E-state index < -0.39 is 12.1 Å². The number of rotatable bonds is 2. The van der Waals surface area contributed by atoms with Crippen molar-refractivity contribution < 1.29 is 13.5 Å². The number of aromatic nitrogens is 1. The smallest absolute Gasteiger partial charge is 0.280 e. The Kier molecular flexibility index (Phi) is 2.50. The molecular weight excluding hydrogens is 180 g/mol. The second-order valence-corrected chi connectivity index (χ2v) is 2.36. The summed E-state index contributed by atoms with van der Waals surface area (Å²) in [4.78, 5) is 3.43. The van der Waals surface area contributed by atoms with E-state index in [-0.39, 0.29) is 17.3 Å². The number of nitrogens with zero attached hydrogens (tertiary/aromatic N) is 1. The molecule has 4 nitrogen and oxygen atoms in total. The molecule has 0 aromatic carbocycles. The number of hydrogen-bond acceptors (Lipinski definition) is 4. The van der Waals surface area contributed by atoms with Gasteiger partial charge in [0.1, 0.15) is 5.69 Å². The fourth-order valence-electron chi connectivity index (χ4n) is 0.929. The molecule has 0 atom stereocenters. The monoisotopic (exact) mass is 189 g/mol. The maximum atomic E-state index is 12.1. The van der Waals surface area contributed by atoms with Gasteiger partial charge in [0, 0.05) is 0 Å². The van der Waals surface area contributed by atoms with Gasteiger partial charge in [0.05, 0.1) is 12.8 Å². The second-order valence-electron chi connectivity index (χ2n) is 2.36. The van der Waals surface area contributed by atoms with Gasteiger partial charge in [-0.3, -0.25) is 0 Å². The Balaban J connectivity index is 3.20. The Bertz CT molecular complexity index is 294. The summed E-state index contributed by atoms with van der Waals surface area (Å²) < 4.78 is 29.0. The molecule has 0 bridgehead atoms. The minimum absolute atomic E-state index is 0.0605. The molecule has 1 rings (SSSR count). The highest BCUT2D eigenvalue weighted by atomic mass is 19.3. The zero-order valence-electron chi connectivity index (χ0n) is 6.92. The van der Waals surface area contributed by atoms with Crippen molar-refractivity contribution in [3.05, 3.63) is 11.8 Å². The SMILES string of the molecule is COc1c(N)cc(C(F)F)nc1N. The average Bonchev–Trinajstić information content (AvgIpc) is 2.03. The topological polar surface area (TPSA) is 74.2 Å². The van der Waals surface area contributed by atoms with E-state index in [0.29, 0.717) is 0 Å². The maximum Gasteiger partial charge on any atom is 0.280 e. The van der Waals surface area contributed by atoms with Gasteiger partial charge in [-0.1, -0.05) is 0 Å². The third kappa shape index (κ3) is 1.77. The van der Waals surface area contributed by atoms with Gasteiger partial charge in [0.15, 0.2) is 11.6 Å². The van der Waals surface area contributed by atoms with Crippen LogP contribution in [0, 0.1) is 0 Å². The number of anilines is 2. The minimum atomic E-state index is -2.68. The predicted octanol–water partition coefficient (Wildman–Crippen LogP) is 1.19. The van der Waals surface area contributed by atoms with Gasteiger partial charge in [-0.25, -0.2) is 13.8 Å². The van der Waals surface area contributed by atoms with Crippen LogP contribution >= 0.6 is 0 Å². The molecule has 0 saturated heterocycles. The van der Waals surface area contributed by atoms with Crippen molar-refractivity contribution in [3.63, 3.8) is 0 Å². The number of alkyl halides is 2. The lowest BCUT2D eigenvalue weighted by molar-refractivity contribution is 0.146. The number of methoxy groups -OCH3 is 1. The first kappa shape index (κ1) is 9.50. The van der Waals surface area contributed by atoms with Crippen LogP contribution in [0.1, 0.15) is 12.1 Å². The molecule has 0 aliphatic heterocycles. The first-order chi connectivity index (χ1) is 6.06. The highest BCUT2D eigenvalue weighted by Crippen LogP contribution is 2.30. The van der Waals surface area contributed by atoms with E-state index >= 15 is 0 Å². The highest BCUT2D eigenvalue weighted by molar-refractivity contribution is 5.64. The first-order valence-corrected chi connectivity index (χ1v) is 3.44. The third-order valence-corrected chi connectivity index (χ3v) is 1.48. The molecule has 4 N–H and O–H groups in total. The Labute approximate surface area is 73.5 Å². The van der Waals surface area contributed by atoms with Crippen LogP contribution < -0.4 is 16.2 Å². The number of ether oxygens (including phenoxy) is 1. The molecular formula is C7H9F2N3O. The molecule has 0 unspecified atom stereocenters. The lowest BCUT2D eigenvalue weighted by Gasteiger charge is -2.08. The molecule has 72 valence electrons. The Morgan fingerprint density at radius 2 is 2.08 bits per heavy atom. The van der Waals surface area contributed by atoms with Gasteiger partial charge in [-0.2, -0.15) is 0 Å². The van der Waals surface area contributed by atoms with E-state index in [0.717, 1.165) is 6.07 Å². The van der Waals surface area contributed by atoms with Crippen molar-refractivity contribution in [1.29, 1.82) is 0 Å². The Hall–Kier alpha value is -1.59. The van der Waals surface area contributed by atoms with Crippen LogP contribution in [-0.2, 0) is 0 Å². The van der Waals surface area contributed by atoms with Crippen molar-refractivity contribution in [2.24, 2.45) is 0 Å². The fraction of sp³-hybridized carbons (Fsp3) is 0.286. The van der Waals surface area contributed by atoms with Gasteiger partial charge in [0.25, 0.3) is 6.43 Å². The highest BCUT2D eigenvalue weighted by Gasteiger charge is 2.14. The number of pyridine rings is 1. The van der Waals surface area contributed by atoms with E-state index in [9.17, 15) is 8.78 Å². The van der Waals surface area contributed by atoms with Gasteiger partial charge >= 0.3 is 0 Å². The van der Waals surface area contributed by atoms with Crippen LogP contribution in [-0.4, -0.2) is 12.1 Å². The van der Waals surface area contributed by atoms with Crippen LogP contribution in [0.2, 0.25) is 0 Å². The van der Waals surface area contributed by atoms with Gasteiger partial charge in [0.2, 0.25) is 0 Å². The average molecular weight is 189 g/mol. The number of nitrogens with two attached hydrogens (primary N) is 2. The van der Waals surface area contributed by atoms with Gasteiger partial charge in [-0.05, 0) is 6.07 Å². The Morgan fingerprint density at radius 1 is 1.46 bits per heavy atom. The molecule has 0 aliphatic carbocycles. The van der Waals surface area contributed by atoms with E-state index in [2.05, 4.69) is 4.98 Å². The molecule has 0 aliphatic rings. The van der Waals surface area contributed by atoms with E-state index in [4.69, 9.17) is 16.2 Å². The summed E-state index contributed by atoms with van der Waals surface area (Å²) in [5.74, 6) is 0.00204. The van der Waals surface area contributed by atoms with Crippen molar-refractivity contribution in [2.75, 3.05) is 18.6 Å². The van der Waals surface area contributed by atoms with E-state index in [1.807, 2.05) is 0 Å². The summed E-state index contributed by atoms with van der Waals surface area (Å²) in [6.07, 6.45) is -2.68. The molecule has 0 saturated carbocycles. The lowest BCUT2D eigenvalue weighted by atomic mass is 10.3. The summed E-state index contributed by atoms with van der Waals surface area (Å²) in [6.45, 7) is 0. The summed E-state index contributed by atoms with van der Waals surface area (Å²) in [5.41, 5.74) is 10.3. The molecule has 0 fully saturated rings. The summed E-state index contributed by atoms with van der Waals surface area (Å²) in [6, 6.07) is 1.04. The normalized spacial score (nSPS) is 10.5. The molecule has 13 heavy (non-hydrogen) atoms. The molecule has 0 spiro atoms. The standard InChI is InChI=1S/C7H9F2N3O/c1-13-5-3(10)2-4(6(8)9)12-7(5)11/h2,6H,1H3,(H4,10,11,12). The largest absolute Gasteiger partial charge is 0.491 e. The molecule has 1 aromatic rings. The minimum Gasteiger partial charge on any atom is -0.491 e. The van der Waals surface area contributed by atoms with Crippen LogP contribution in [0.5, 0.6) is 5.75 Å². The van der Waals surface area contributed by atoms with Gasteiger partial charge < -0.3 is 16.2 Å². The quantitative estimate of drug-likeness (QED) is 0.732. The first-order valence-electron chi connectivity index (χ1n) is 3.44. The van der Waals surface area contributed by atoms with Crippen LogP contribution in [0.3, 0.4) is 0 Å². The van der Waals surface area contributed by atoms with Crippen molar-refractivity contribution in [3.8, 4) is 5.75 Å². The molecule has 6 heteroatoms. The Morgan fingerprint density at radius 3 is 2.46 bits per heavy atom. The maximum absolute atomic E-state index is 12.1. The summed E-state index contributed by atoms with van der Waals surface area (Å²) in [7, 11) is 1.34. The lowest BCUT2D eigenvalue weighted by Crippen LogP contribution is -2.03. The summed E-state index contributed by atoms with van der Waals surface area (Å²) >= 11 is 0. The molecule has 1 heterocycles. The van der Waals surface area contributed by atoms with Crippen LogP contribution in [0.15, 0.2) is 6.07 Å². The van der Waals surface area contributed by atoms with Crippen molar-refractivity contribution in [1.82, 2.24) is 4.98 Å². The molecule has 0 radical (unpaired) electrons. The fourth-order valence-corrected chi connectivity index (χ4v) is 0.929. The van der Waals surface area contributed by atoms with E-state index in [1.54, 1.807) is 0 Å². The molecule has 0 amide bonds. The van der Waals surface area contributed by atoms with Gasteiger partial charge in [-0.15, -0.1) is 0 Å². The number of hydrogen-bond donors (Lipinski definition) is 2. The van der Waals surface area contributed by atoms with Crippen LogP contribution in [0.4, 0.5) is 20.3 Å². The number of nitrogen functional groups attached to an aromatic ring is 2. The third-order valence-electron chi connectivity index (χ3n) is 1.48. The second kappa shape index (κ2) is 3.42.